The molecule has 0 aliphatic carbocycles. The van der Waals surface area contributed by atoms with E-state index in [2.05, 4.69) is 11.2 Å². The van der Waals surface area contributed by atoms with Gasteiger partial charge in [-0.2, -0.15) is 10.4 Å². The van der Waals surface area contributed by atoms with Crippen LogP contribution in [0.2, 0.25) is 0 Å². The maximum absolute atomic E-state index is 9.93. The number of nitriles is 1. The highest BCUT2D eigenvalue weighted by atomic mass is 16.3. The topological polar surface area (TPSA) is 61.3 Å². The Morgan fingerprint density at radius 1 is 1.17 bits per heavy atom. The summed E-state index contributed by atoms with van der Waals surface area (Å²) < 4.78 is 1.73. The maximum atomic E-state index is 9.93. The van der Waals surface area contributed by atoms with Crippen LogP contribution >= 0.6 is 0 Å². The summed E-state index contributed by atoms with van der Waals surface area (Å²) >= 11 is 0. The lowest BCUT2D eigenvalue weighted by atomic mass is 10.1. The van der Waals surface area contributed by atoms with E-state index < -0.39 is 0 Å². The van der Waals surface area contributed by atoms with Crippen LogP contribution in [0.25, 0.3) is 16.8 Å². The summed E-state index contributed by atoms with van der Waals surface area (Å²) in [5.74, 6) is 0.136. The first-order valence-electron chi connectivity index (χ1n) is 5.46. The lowest BCUT2D eigenvalue weighted by Crippen LogP contribution is -1.93. The van der Waals surface area contributed by atoms with Crippen LogP contribution < -0.4 is 0 Å². The fourth-order valence-electron chi connectivity index (χ4n) is 1.96. The third kappa shape index (κ3) is 1.50. The molecule has 18 heavy (non-hydrogen) atoms. The number of aromatic nitrogens is 2. The number of fused-ring (bicyclic) bond motifs is 1. The Hall–Kier alpha value is -2.80. The molecule has 2 heterocycles. The molecule has 1 aromatic carbocycles. The van der Waals surface area contributed by atoms with Crippen molar-refractivity contribution in [3.63, 3.8) is 0 Å². The quantitative estimate of drug-likeness (QED) is 0.705. The molecule has 0 radical (unpaired) electrons. The third-order valence-electron chi connectivity index (χ3n) is 2.82. The Morgan fingerprint density at radius 2 is 2.06 bits per heavy atom. The Bertz CT molecular complexity index is 768. The van der Waals surface area contributed by atoms with E-state index in [1.54, 1.807) is 22.8 Å². The first-order chi connectivity index (χ1) is 8.79. The molecule has 0 fully saturated rings. The van der Waals surface area contributed by atoms with Crippen LogP contribution in [-0.2, 0) is 0 Å². The highest BCUT2D eigenvalue weighted by Gasteiger charge is 2.09. The lowest BCUT2D eigenvalue weighted by molar-refractivity contribution is 0.477. The highest BCUT2D eigenvalue weighted by molar-refractivity contribution is 5.71. The lowest BCUT2D eigenvalue weighted by Gasteiger charge is -2.07. The molecule has 0 aliphatic heterocycles. The zero-order valence-electron chi connectivity index (χ0n) is 9.41. The molecule has 0 spiro atoms. The van der Waals surface area contributed by atoms with E-state index in [1.165, 1.54) is 6.07 Å². The van der Waals surface area contributed by atoms with E-state index >= 15 is 0 Å². The number of nitrogens with zero attached hydrogens (tertiary/aromatic N) is 3. The van der Waals surface area contributed by atoms with Gasteiger partial charge < -0.3 is 5.11 Å². The smallest absolute Gasteiger partial charge is 0.125 e. The average Bonchev–Trinajstić information content (AvgIpc) is 2.87. The molecule has 3 rings (SSSR count). The molecule has 3 aromatic rings. The number of benzene rings is 1. The molecule has 86 valence electrons. The molecule has 0 unspecified atom stereocenters. The van der Waals surface area contributed by atoms with Crippen molar-refractivity contribution in [1.82, 2.24) is 9.61 Å². The van der Waals surface area contributed by atoms with Crippen LogP contribution in [0.5, 0.6) is 5.75 Å². The van der Waals surface area contributed by atoms with Gasteiger partial charge in [-0.05, 0) is 36.4 Å². The molecule has 0 amide bonds. The summed E-state index contributed by atoms with van der Waals surface area (Å²) in [6.07, 6.45) is 1.70. The number of phenols is 1. The molecular weight excluding hydrogens is 226 g/mol. The minimum atomic E-state index is 0.136. The Kier molecular flexibility index (Phi) is 2.24. The van der Waals surface area contributed by atoms with E-state index in [0.717, 1.165) is 11.2 Å². The van der Waals surface area contributed by atoms with Crippen molar-refractivity contribution in [2.24, 2.45) is 0 Å². The van der Waals surface area contributed by atoms with E-state index in [4.69, 9.17) is 5.26 Å². The summed E-state index contributed by atoms with van der Waals surface area (Å²) in [5, 5.41) is 23.1. The van der Waals surface area contributed by atoms with Gasteiger partial charge in [0.25, 0.3) is 0 Å². The molecule has 4 heteroatoms. The number of pyridine rings is 1. The Morgan fingerprint density at radius 3 is 2.89 bits per heavy atom. The summed E-state index contributed by atoms with van der Waals surface area (Å²) in [5.41, 5.74) is 2.80. The molecule has 0 saturated carbocycles. The number of hydrogen-bond donors (Lipinski definition) is 1. The van der Waals surface area contributed by atoms with Crippen LogP contribution in [-0.4, -0.2) is 14.7 Å². The number of phenolic OH excluding ortho intramolecular Hbond substituents is 1. The van der Waals surface area contributed by atoms with Crippen LogP contribution in [0.3, 0.4) is 0 Å². The van der Waals surface area contributed by atoms with Crippen LogP contribution in [0.15, 0.2) is 48.7 Å². The van der Waals surface area contributed by atoms with E-state index in [9.17, 15) is 5.11 Å². The van der Waals surface area contributed by atoms with Crippen molar-refractivity contribution < 1.29 is 5.11 Å². The molecule has 0 atom stereocenters. The summed E-state index contributed by atoms with van der Waals surface area (Å²) in [6.45, 7) is 0. The predicted octanol–water partition coefficient (Wildman–Crippen LogP) is 2.58. The monoisotopic (exact) mass is 235 g/mol. The van der Waals surface area contributed by atoms with Gasteiger partial charge >= 0.3 is 0 Å². The maximum Gasteiger partial charge on any atom is 0.125 e. The van der Waals surface area contributed by atoms with Gasteiger partial charge in [-0.1, -0.05) is 6.07 Å². The second-order valence-electron chi connectivity index (χ2n) is 3.92. The van der Waals surface area contributed by atoms with E-state index in [0.29, 0.717) is 11.1 Å². The summed E-state index contributed by atoms with van der Waals surface area (Å²) in [6, 6.07) is 14.4. The van der Waals surface area contributed by atoms with E-state index in [-0.39, 0.29) is 5.75 Å². The minimum Gasteiger partial charge on any atom is -0.507 e. The normalized spacial score (nSPS) is 10.4. The second-order valence-corrected chi connectivity index (χ2v) is 3.92. The minimum absolute atomic E-state index is 0.136. The van der Waals surface area contributed by atoms with Crippen molar-refractivity contribution in [3.05, 3.63) is 54.2 Å². The fourth-order valence-corrected chi connectivity index (χ4v) is 1.96. The molecule has 2 aromatic heterocycles. The first kappa shape index (κ1) is 10.4. The van der Waals surface area contributed by atoms with Gasteiger partial charge in [0.2, 0.25) is 0 Å². The van der Waals surface area contributed by atoms with Crippen LogP contribution in [0.1, 0.15) is 5.56 Å². The fraction of sp³-hybridized carbons (Fsp3) is 0. The van der Waals surface area contributed by atoms with Gasteiger partial charge in [-0.25, -0.2) is 4.52 Å². The van der Waals surface area contributed by atoms with Crippen molar-refractivity contribution in [2.75, 3.05) is 0 Å². The largest absolute Gasteiger partial charge is 0.507 e. The molecule has 4 nitrogen and oxygen atoms in total. The van der Waals surface area contributed by atoms with Gasteiger partial charge in [0, 0.05) is 5.56 Å². The van der Waals surface area contributed by atoms with Crippen LogP contribution in [0.4, 0.5) is 0 Å². The van der Waals surface area contributed by atoms with Gasteiger partial charge in [-0.15, -0.1) is 0 Å². The first-order valence-corrected chi connectivity index (χ1v) is 5.46. The van der Waals surface area contributed by atoms with Gasteiger partial charge in [0.15, 0.2) is 0 Å². The molecule has 0 saturated heterocycles. The average molecular weight is 235 g/mol. The molecule has 0 bridgehead atoms. The van der Waals surface area contributed by atoms with Crippen molar-refractivity contribution >= 4 is 5.52 Å². The number of hydrogen-bond acceptors (Lipinski definition) is 3. The molecule has 0 aliphatic rings. The molecule has 1 N–H and O–H groups in total. The zero-order valence-corrected chi connectivity index (χ0v) is 9.41. The Labute approximate surface area is 103 Å². The van der Waals surface area contributed by atoms with Gasteiger partial charge in [0.05, 0.1) is 29.0 Å². The van der Waals surface area contributed by atoms with Gasteiger partial charge in [0.1, 0.15) is 5.75 Å². The zero-order chi connectivity index (χ0) is 12.5. The number of rotatable bonds is 1. The SMILES string of the molecule is N#Cc1ccc(O)c(-c2cccc3ccnn23)c1. The van der Waals surface area contributed by atoms with Crippen molar-refractivity contribution in [2.45, 2.75) is 0 Å². The van der Waals surface area contributed by atoms with E-state index in [1.807, 2.05) is 24.3 Å². The third-order valence-corrected chi connectivity index (χ3v) is 2.82. The van der Waals surface area contributed by atoms with Crippen molar-refractivity contribution in [3.8, 4) is 23.1 Å². The standard InChI is InChI=1S/C14H9N3O/c15-9-10-4-5-14(18)12(8-10)13-3-1-2-11-6-7-16-17(11)13/h1-8,18H. The second kappa shape index (κ2) is 3.90. The predicted molar refractivity (Wildman–Crippen MR) is 67.0 cm³/mol. The summed E-state index contributed by atoms with van der Waals surface area (Å²) in [7, 11) is 0. The Balaban J connectivity index is 2.32. The summed E-state index contributed by atoms with van der Waals surface area (Å²) in [4.78, 5) is 0. The van der Waals surface area contributed by atoms with Crippen LogP contribution in [0, 0.1) is 11.3 Å². The van der Waals surface area contributed by atoms with Crippen molar-refractivity contribution in [1.29, 1.82) is 5.26 Å². The molecular formula is C14H9N3O. The number of aromatic hydroxyl groups is 1. The highest BCUT2D eigenvalue weighted by Crippen LogP contribution is 2.30. The van der Waals surface area contributed by atoms with Gasteiger partial charge in [-0.3, -0.25) is 0 Å².